The molecule has 0 aliphatic carbocycles. The number of halogens is 1. The summed E-state index contributed by atoms with van der Waals surface area (Å²) in [5.41, 5.74) is 0.605. The predicted octanol–water partition coefficient (Wildman–Crippen LogP) is 3.07. The molecule has 128 valence electrons. The van der Waals surface area contributed by atoms with Gasteiger partial charge in [-0.15, -0.1) is 0 Å². The van der Waals surface area contributed by atoms with Gasteiger partial charge in [-0.25, -0.2) is 0 Å². The summed E-state index contributed by atoms with van der Waals surface area (Å²) in [7, 11) is 3.18. The van der Waals surface area contributed by atoms with E-state index in [1.54, 1.807) is 26.4 Å². The average molecular weight is 385 g/mol. The minimum Gasteiger partial charge on any atom is -0.495 e. The number of nitrogens with zero attached hydrogens (tertiary/aromatic N) is 1. The smallest absolute Gasteiger partial charge is 0.254 e. The zero-order chi connectivity index (χ0) is 16.8. The van der Waals surface area contributed by atoms with E-state index >= 15 is 0 Å². The van der Waals surface area contributed by atoms with Crippen LogP contribution >= 0.6 is 15.9 Å². The standard InChI is InChI=1S/C17H25BrN2O3/c1-4-9-20(13-5-7-19-8-6-13)17(21)12-10-14(22-2)16(18)15(11-12)23-3/h10-11,13,19H,4-9H2,1-3H3. The molecule has 0 unspecified atom stereocenters. The highest BCUT2D eigenvalue weighted by atomic mass is 79.9. The lowest BCUT2D eigenvalue weighted by molar-refractivity contribution is 0.0642. The summed E-state index contributed by atoms with van der Waals surface area (Å²) in [6.45, 7) is 4.80. The fourth-order valence-electron chi connectivity index (χ4n) is 2.97. The summed E-state index contributed by atoms with van der Waals surface area (Å²) < 4.78 is 11.4. The maximum atomic E-state index is 13.1. The lowest BCUT2D eigenvalue weighted by Crippen LogP contribution is -2.46. The highest BCUT2D eigenvalue weighted by molar-refractivity contribution is 9.10. The van der Waals surface area contributed by atoms with E-state index in [0.717, 1.165) is 43.4 Å². The Kier molecular flexibility index (Phi) is 6.72. The highest BCUT2D eigenvalue weighted by Gasteiger charge is 2.26. The van der Waals surface area contributed by atoms with Crippen LogP contribution < -0.4 is 14.8 Å². The third-order valence-corrected chi connectivity index (χ3v) is 4.95. The second-order valence-electron chi connectivity index (χ2n) is 5.67. The molecule has 1 fully saturated rings. The third-order valence-electron chi connectivity index (χ3n) is 4.17. The molecule has 1 heterocycles. The lowest BCUT2D eigenvalue weighted by Gasteiger charge is -2.34. The summed E-state index contributed by atoms with van der Waals surface area (Å²) in [6.07, 6.45) is 2.94. The van der Waals surface area contributed by atoms with Crippen LogP contribution in [0, 0.1) is 0 Å². The van der Waals surface area contributed by atoms with Crippen LogP contribution in [-0.4, -0.2) is 50.7 Å². The Morgan fingerprint density at radius 1 is 1.26 bits per heavy atom. The van der Waals surface area contributed by atoms with Gasteiger partial charge in [0, 0.05) is 18.2 Å². The first kappa shape index (κ1) is 18.1. The topological polar surface area (TPSA) is 50.8 Å². The number of rotatable bonds is 6. The second-order valence-corrected chi connectivity index (χ2v) is 6.47. The van der Waals surface area contributed by atoms with Gasteiger partial charge in [-0.2, -0.15) is 0 Å². The molecule has 0 aromatic heterocycles. The quantitative estimate of drug-likeness (QED) is 0.818. The van der Waals surface area contributed by atoms with Crippen LogP contribution in [0.25, 0.3) is 0 Å². The van der Waals surface area contributed by atoms with Crippen molar-refractivity contribution < 1.29 is 14.3 Å². The van der Waals surface area contributed by atoms with E-state index in [2.05, 4.69) is 28.2 Å². The monoisotopic (exact) mass is 384 g/mol. The van der Waals surface area contributed by atoms with Gasteiger partial charge < -0.3 is 19.7 Å². The fourth-order valence-corrected chi connectivity index (χ4v) is 3.52. The molecule has 1 amide bonds. The summed E-state index contributed by atoms with van der Waals surface area (Å²) in [5, 5.41) is 3.35. The molecular formula is C17H25BrN2O3. The van der Waals surface area contributed by atoms with Crippen LogP contribution in [-0.2, 0) is 0 Å². The van der Waals surface area contributed by atoms with Crippen molar-refractivity contribution in [1.82, 2.24) is 10.2 Å². The number of carbonyl (C=O) groups is 1. The van der Waals surface area contributed by atoms with E-state index < -0.39 is 0 Å². The van der Waals surface area contributed by atoms with Gasteiger partial charge in [0.2, 0.25) is 0 Å². The van der Waals surface area contributed by atoms with Gasteiger partial charge in [-0.3, -0.25) is 4.79 Å². The molecule has 1 N–H and O–H groups in total. The Hall–Kier alpha value is -1.27. The van der Waals surface area contributed by atoms with Crippen molar-refractivity contribution in [3.8, 4) is 11.5 Å². The van der Waals surface area contributed by atoms with Crippen LogP contribution in [0.5, 0.6) is 11.5 Å². The van der Waals surface area contributed by atoms with Crippen molar-refractivity contribution in [2.24, 2.45) is 0 Å². The summed E-state index contributed by atoms with van der Waals surface area (Å²) >= 11 is 3.45. The van der Waals surface area contributed by atoms with Gasteiger partial charge in [0.25, 0.3) is 5.91 Å². The molecule has 0 saturated carbocycles. The highest BCUT2D eigenvalue weighted by Crippen LogP contribution is 2.36. The largest absolute Gasteiger partial charge is 0.495 e. The molecule has 0 spiro atoms. The van der Waals surface area contributed by atoms with E-state index in [4.69, 9.17) is 9.47 Å². The third kappa shape index (κ3) is 4.18. The molecule has 0 radical (unpaired) electrons. The van der Waals surface area contributed by atoms with Crippen molar-refractivity contribution in [3.63, 3.8) is 0 Å². The van der Waals surface area contributed by atoms with Crippen molar-refractivity contribution in [1.29, 1.82) is 0 Å². The molecule has 5 nitrogen and oxygen atoms in total. The Morgan fingerprint density at radius 2 is 1.83 bits per heavy atom. The molecule has 0 bridgehead atoms. The molecule has 2 rings (SSSR count). The van der Waals surface area contributed by atoms with E-state index in [1.807, 2.05) is 4.90 Å². The Balaban J connectivity index is 2.31. The van der Waals surface area contributed by atoms with Crippen LogP contribution in [0.15, 0.2) is 16.6 Å². The molecule has 1 aliphatic heterocycles. The Morgan fingerprint density at radius 3 is 2.30 bits per heavy atom. The van der Waals surface area contributed by atoms with Gasteiger partial charge in [-0.1, -0.05) is 6.92 Å². The molecule has 6 heteroatoms. The van der Waals surface area contributed by atoms with E-state index in [9.17, 15) is 4.79 Å². The second kappa shape index (κ2) is 8.55. The molecule has 23 heavy (non-hydrogen) atoms. The van der Waals surface area contributed by atoms with Crippen molar-refractivity contribution >= 4 is 21.8 Å². The Bertz CT molecular complexity index is 520. The van der Waals surface area contributed by atoms with Gasteiger partial charge in [0.05, 0.1) is 14.2 Å². The number of hydrogen-bond donors (Lipinski definition) is 1. The first-order chi connectivity index (χ1) is 11.1. The van der Waals surface area contributed by atoms with Crippen LogP contribution in [0.1, 0.15) is 36.5 Å². The van der Waals surface area contributed by atoms with Crippen molar-refractivity contribution in [2.75, 3.05) is 33.9 Å². The molecule has 0 atom stereocenters. The summed E-state index contributed by atoms with van der Waals surface area (Å²) in [5.74, 6) is 1.26. The van der Waals surface area contributed by atoms with Gasteiger partial charge in [-0.05, 0) is 60.4 Å². The molecule has 1 aliphatic rings. The van der Waals surface area contributed by atoms with Crippen molar-refractivity contribution in [2.45, 2.75) is 32.2 Å². The minimum absolute atomic E-state index is 0.0443. The Labute approximate surface area is 146 Å². The maximum absolute atomic E-state index is 13.1. The zero-order valence-corrected chi connectivity index (χ0v) is 15.6. The van der Waals surface area contributed by atoms with Gasteiger partial charge >= 0.3 is 0 Å². The number of ether oxygens (including phenoxy) is 2. The maximum Gasteiger partial charge on any atom is 0.254 e. The first-order valence-electron chi connectivity index (χ1n) is 8.05. The minimum atomic E-state index is 0.0443. The predicted molar refractivity (Wildman–Crippen MR) is 94.5 cm³/mol. The number of methoxy groups -OCH3 is 2. The van der Waals surface area contributed by atoms with E-state index in [1.165, 1.54) is 0 Å². The van der Waals surface area contributed by atoms with E-state index in [-0.39, 0.29) is 5.91 Å². The number of hydrogen-bond acceptors (Lipinski definition) is 4. The molecular weight excluding hydrogens is 360 g/mol. The summed E-state index contributed by atoms with van der Waals surface area (Å²) in [6, 6.07) is 3.85. The SMILES string of the molecule is CCCN(C(=O)c1cc(OC)c(Br)c(OC)c1)C1CCNCC1. The van der Waals surface area contributed by atoms with Crippen LogP contribution in [0.2, 0.25) is 0 Å². The first-order valence-corrected chi connectivity index (χ1v) is 8.84. The number of amides is 1. The molecule has 1 aromatic carbocycles. The fraction of sp³-hybridized carbons (Fsp3) is 0.588. The van der Waals surface area contributed by atoms with Crippen LogP contribution in [0.3, 0.4) is 0 Å². The normalized spacial score (nSPS) is 15.3. The number of nitrogens with one attached hydrogen (secondary N) is 1. The molecule has 1 aromatic rings. The molecule has 1 saturated heterocycles. The average Bonchev–Trinajstić information content (AvgIpc) is 2.60. The summed E-state index contributed by atoms with van der Waals surface area (Å²) in [4.78, 5) is 15.1. The van der Waals surface area contributed by atoms with Gasteiger partial charge in [0.1, 0.15) is 16.0 Å². The zero-order valence-electron chi connectivity index (χ0n) is 14.0. The number of benzene rings is 1. The number of carbonyl (C=O) groups excluding carboxylic acids is 1. The van der Waals surface area contributed by atoms with Crippen molar-refractivity contribution in [3.05, 3.63) is 22.2 Å². The number of piperidine rings is 1. The lowest BCUT2D eigenvalue weighted by atomic mass is 10.0. The van der Waals surface area contributed by atoms with Crippen LogP contribution in [0.4, 0.5) is 0 Å². The van der Waals surface area contributed by atoms with E-state index in [0.29, 0.717) is 23.1 Å². The van der Waals surface area contributed by atoms with Gasteiger partial charge in [0.15, 0.2) is 0 Å².